The van der Waals surface area contributed by atoms with Crippen LogP contribution in [0.15, 0.2) is 36.4 Å². The van der Waals surface area contributed by atoms with Crippen LogP contribution in [0, 0.1) is 0 Å². The lowest BCUT2D eigenvalue weighted by Gasteiger charge is -2.30. The van der Waals surface area contributed by atoms with Gasteiger partial charge in [0, 0.05) is 20.1 Å². The number of hydrogen-bond acceptors (Lipinski definition) is 6. The third-order valence-corrected chi connectivity index (χ3v) is 3.50. The minimum absolute atomic E-state index is 0.0498. The molecule has 0 amide bonds. The predicted molar refractivity (Wildman–Crippen MR) is 89.8 cm³/mol. The van der Waals surface area contributed by atoms with Crippen LogP contribution in [0.2, 0.25) is 0 Å². The Morgan fingerprint density at radius 2 is 1.96 bits per heavy atom. The van der Waals surface area contributed by atoms with Crippen LogP contribution in [0.5, 0.6) is 5.75 Å². The van der Waals surface area contributed by atoms with Gasteiger partial charge in [-0.1, -0.05) is 12.1 Å². The first-order valence-electron chi connectivity index (χ1n) is 7.70. The lowest BCUT2D eigenvalue weighted by Crippen LogP contribution is -2.40. The molecule has 24 heavy (non-hydrogen) atoms. The van der Waals surface area contributed by atoms with Gasteiger partial charge >= 0.3 is 0 Å². The normalized spacial score (nSPS) is 15.2. The largest absolute Gasteiger partial charge is 0.497 e. The molecule has 0 aliphatic heterocycles. The predicted octanol–water partition coefficient (Wildman–Crippen LogP) is 2.10. The number of ether oxygens (including phenoxy) is 4. The second-order valence-electron chi connectivity index (χ2n) is 5.47. The zero-order valence-corrected chi connectivity index (χ0v) is 14.4. The molecule has 6 nitrogen and oxygen atoms in total. The van der Waals surface area contributed by atoms with Gasteiger partial charge in [-0.2, -0.15) is 0 Å². The third kappa shape index (κ3) is 7.23. The summed E-state index contributed by atoms with van der Waals surface area (Å²) in [4.78, 5) is 10.5. The highest BCUT2D eigenvalue weighted by Crippen LogP contribution is 2.19. The zero-order chi connectivity index (χ0) is 17.8. The SMILES string of the molecule is COCO[C@H](CCOCc1ccc(OC)cc1)[C@](C)(O)/C=C/C=O. The number of allylic oxidation sites excluding steroid dienone is 1. The van der Waals surface area contributed by atoms with E-state index in [1.54, 1.807) is 14.0 Å². The van der Waals surface area contributed by atoms with E-state index in [1.807, 2.05) is 24.3 Å². The highest BCUT2D eigenvalue weighted by atomic mass is 16.7. The lowest BCUT2D eigenvalue weighted by molar-refractivity contribution is -0.140. The Kier molecular flexibility index (Phi) is 9.26. The van der Waals surface area contributed by atoms with E-state index in [4.69, 9.17) is 18.9 Å². The van der Waals surface area contributed by atoms with E-state index in [9.17, 15) is 9.90 Å². The molecule has 0 aromatic heterocycles. The van der Waals surface area contributed by atoms with Crippen molar-refractivity contribution >= 4 is 6.29 Å². The van der Waals surface area contributed by atoms with Crippen LogP contribution >= 0.6 is 0 Å². The second-order valence-corrected chi connectivity index (χ2v) is 5.47. The van der Waals surface area contributed by atoms with E-state index >= 15 is 0 Å². The van der Waals surface area contributed by atoms with Gasteiger partial charge in [-0.3, -0.25) is 4.79 Å². The van der Waals surface area contributed by atoms with Gasteiger partial charge in [0.25, 0.3) is 0 Å². The van der Waals surface area contributed by atoms with Crippen molar-refractivity contribution in [1.82, 2.24) is 0 Å². The number of aldehydes is 1. The van der Waals surface area contributed by atoms with Gasteiger partial charge in [-0.25, -0.2) is 0 Å². The summed E-state index contributed by atoms with van der Waals surface area (Å²) in [5.41, 5.74) is -0.263. The Morgan fingerprint density at radius 1 is 1.25 bits per heavy atom. The highest BCUT2D eigenvalue weighted by molar-refractivity contribution is 5.65. The quantitative estimate of drug-likeness (QED) is 0.272. The molecule has 134 valence electrons. The molecule has 0 radical (unpaired) electrons. The second kappa shape index (κ2) is 10.9. The summed E-state index contributed by atoms with van der Waals surface area (Å²) in [6.07, 6.45) is 3.17. The Hall–Kier alpha value is -1.73. The first kappa shape index (κ1) is 20.3. The molecule has 0 spiro atoms. The smallest absolute Gasteiger partial charge is 0.146 e. The minimum Gasteiger partial charge on any atom is -0.497 e. The van der Waals surface area contributed by atoms with Crippen LogP contribution in [-0.2, 0) is 25.6 Å². The topological polar surface area (TPSA) is 74.2 Å². The van der Waals surface area contributed by atoms with E-state index < -0.39 is 11.7 Å². The first-order chi connectivity index (χ1) is 11.5. The zero-order valence-electron chi connectivity index (χ0n) is 14.4. The molecule has 1 N–H and O–H groups in total. The van der Waals surface area contributed by atoms with Crippen molar-refractivity contribution in [1.29, 1.82) is 0 Å². The van der Waals surface area contributed by atoms with Crippen LogP contribution in [0.1, 0.15) is 18.9 Å². The van der Waals surface area contributed by atoms with E-state index in [0.29, 0.717) is 25.9 Å². The number of carbonyl (C=O) groups excluding carboxylic acids is 1. The van der Waals surface area contributed by atoms with E-state index in [0.717, 1.165) is 11.3 Å². The molecular weight excluding hydrogens is 312 g/mol. The lowest BCUT2D eigenvalue weighted by atomic mass is 9.96. The van der Waals surface area contributed by atoms with Crippen LogP contribution in [0.3, 0.4) is 0 Å². The Labute approximate surface area is 143 Å². The molecule has 0 aliphatic rings. The Morgan fingerprint density at radius 3 is 2.54 bits per heavy atom. The summed E-state index contributed by atoms with van der Waals surface area (Å²) in [6, 6.07) is 7.61. The number of hydrogen-bond donors (Lipinski definition) is 1. The van der Waals surface area contributed by atoms with E-state index in [1.165, 1.54) is 19.3 Å². The van der Waals surface area contributed by atoms with Gasteiger partial charge in [0.05, 0.1) is 19.8 Å². The standard InChI is InChI=1S/C18H26O6/c1-18(20,10-4-11-19)17(24-14-21-2)9-12-23-13-15-5-7-16(22-3)8-6-15/h4-8,10-11,17,20H,9,12-14H2,1-3H3/b10-4+/t17-,18-/m1/s1. The summed E-state index contributed by atoms with van der Waals surface area (Å²) in [5.74, 6) is 0.796. The Bertz CT molecular complexity index is 495. The summed E-state index contributed by atoms with van der Waals surface area (Å²) in [7, 11) is 3.13. The van der Waals surface area contributed by atoms with Crippen LogP contribution in [0.4, 0.5) is 0 Å². The average Bonchev–Trinajstić information content (AvgIpc) is 2.59. The highest BCUT2D eigenvalue weighted by Gasteiger charge is 2.30. The van der Waals surface area contributed by atoms with Gasteiger partial charge in [-0.15, -0.1) is 0 Å². The number of rotatable bonds is 12. The summed E-state index contributed by atoms with van der Waals surface area (Å²) in [6.45, 7) is 2.48. The average molecular weight is 338 g/mol. The molecule has 1 rings (SSSR count). The minimum atomic E-state index is -1.29. The number of benzene rings is 1. The number of carbonyl (C=O) groups is 1. The van der Waals surface area contributed by atoms with E-state index in [2.05, 4.69) is 0 Å². The van der Waals surface area contributed by atoms with E-state index in [-0.39, 0.29) is 6.79 Å². The van der Waals surface area contributed by atoms with Crippen LogP contribution in [-0.4, -0.2) is 50.7 Å². The summed E-state index contributed by atoms with van der Waals surface area (Å²) >= 11 is 0. The fourth-order valence-corrected chi connectivity index (χ4v) is 2.14. The third-order valence-electron chi connectivity index (χ3n) is 3.50. The maximum absolute atomic E-state index is 10.5. The van der Waals surface area contributed by atoms with Crippen LogP contribution < -0.4 is 4.74 Å². The van der Waals surface area contributed by atoms with Crippen molar-refractivity contribution in [3.05, 3.63) is 42.0 Å². The summed E-state index contributed by atoms with van der Waals surface area (Å²) < 4.78 is 21.1. The van der Waals surface area contributed by atoms with Gasteiger partial charge in [0.15, 0.2) is 0 Å². The van der Waals surface area contributed by atoms with Crippen molar-refractivity contribution in [3.8, 4) is 5.75 Å². The molecule has 2 atom stereocenters. The molecular formula is C18H26O6. The molecule has 0 saturated carbocycles. The molecule has 0 fully saturated rings. The Balaban J connectivity index is 2.48. The summed E-state index contributed by atoms with van der Waals surface area (Å²) in [5, 5.41) is 10.4. The van der Waals surface area contributed by atoms with Gasteiger partial charge in [0.1, 0.15) is 24.4 Å². The molecule has 0 aliphatic carbocycles. The molecule has 0 heterocycles. The monoisotopic (exact) mass is 338 g/mol. The molecule has 0 bridgehead atoms. The van der Waals surface area contributed by atoms with Crippen molar-refractivity contribution in [2.24, 2.45) is 0 Å². The maximum Gasteiger partial charge on any atom is 0.146 e. The number of methoxy groups -OCH3 is 2. The first-order valence-corrected chi connectivity index (χ1v) is 7.70. The van der Waals surface area contributed by atoms with Gasteiger partial charge in [-0.05, 0) is 36.8 Å². The van der Waals surface area contributed by atoms with Crippen molar-refractivity contribution in [3.63, 3.8) is 0 Å². The van der Waals surface area contributed by atoms with Crippen LogP contribution in [0.25, 0.3) is 0 Å². The molecule has 1 aromatic rings. The fourth-order valence-electron chi connectivity index (χ4n) is 2.14. The fraction of sp³-hybridized carbons (Fsp3) is 0.500. The molecule has 0 saturated heterocycles. The van der Waals surface area contributed by atoms with Crippen molar-refractivity contribution in [2.45, 2.75) is 31.7 Å². The molecule has 1 aromatic carbocycles. The maximum atomic E-state index is 10.5. The van der Waals surface area contributed by atoms with Gasteiger partial charge < -0.3 is 24.1 Å². The van der Waals surface area contributed by atoms with Crippen molar-refractivity contribution < 1.29 is 28.8 Å². The van der Waals surface area contributed by atoms with Crippen molar-refractivity contribution in [2.75, 3.05) is 27.6 Å². The number of aliphatic hydroxyl groups is 1. The van der Waals surface area contributed by atoms with Gasteiger partial charge in [0.2, 0.25) is 0 Å². The molecule has 6 heteroatoms. The molecule has 0 unspecified atom stereocenters.